The Morgan fingerprint density at radius 2 is 2.11 bits per heavy atom. The molecule has 5 nitrogen and oxygen atoms in total. The minimum absolute atomic E-state index is 0.0599. The first-order valence-electron chi connectivity index (χ1n) is 5.50. The van der Waals surface area contributed by atoms with Gasteiger partial charge in [0.05, 0.1) is 7.11 Å². The molecular formula is C13H13NO4. The molecule has 0 aliphatic rings. The molecular weight excluding hydrogens is 234 g/mol. The Morgan fingerprint density at radius 3 is 2.72 bits per heavy atom. The van der Waals surface area contributed by atoms with Crippen LogP contribution in [0.15, 0.2) is 35.1 Å². The number of aliphatic carboxylic acids is 1. The van der Waals surface area contributed by atoms with Gasteiger partial charge >= 0.3 is 5.97 Å². The third-order valence-corrected chi connectivity index (χ3v) is 2.61. The summed E-state index contributed by atoms with van der Waals surface area (Å²) in [4.78, 5) is 10.6. The summed E-state index contributed by atoms with van der Waals surface area (Å²) in [5.74, 6) is -0.0776. The monoisotopic (exact) mass is 247 g/mol. The van der Waals surface area contributed by atoms with Crippen molar-refractivity contribution in [3.8, 4) is 17.0 Å². The molecule has 0 unspecified atom stereocenters. The number of carboxylic acids is 1. The van der Waals surface area contributed by atoms with Gasteiger partial charge in [0.2, 0.25) is 0 Å². The summed E-state index contributed by atoms with van der Waals surface area (Å²) in [6.45, 7) is 0. The second-order valence-corrected chi connectivity index (χ2v) is 3.81. The molecule has 94 valence electrons. The maximum absolute atomic E-state index is 10.6. The quantitative estimate of drug-likeness (QED) is 0.878. The van der Waals surface area contributed by atoms with Crippen LogP contribution < -0.4 is 4.74 Å². The normalized spacial score (nSPS) is 10.3. The van der Waals surface area contributed by atoms with Crippen molar-refractivity contribution in [2.75, 3.05) is 7.11 Å². The summed E-state index contributed by atoms with van der Waals surface area (Å²) in [6, 6.07) is 7.37. The van der Waals surface area contributed by atoms with E-state index in [-0.39, 0.29) is 6.42 Å². The Morgan fingerprint density at radius 1 is 1.39 bits per heavy atom. The maximum atomic E-state index is 10.6. The first-order chi connectivity index (χ1) is 8.70. The van der Waals surface area contributed by atoms with Crippen molar-refractivity contribution in [1.82, 2.24) is 5.16 Å². The SMILES string of the molecule is COc1ccc(-c2nocc2CCC(=O)O)cc1. The lowest BCUT2D eigenvalue weighted by Gasteiger charge is -2.02. The first kappa shape index (κ1) is 12.2. The molecule has 0 atom stereocenters. The number of aryl methyl sites for hydroxylation is 1. The van der Waals surface area contributed by atoms with Gasteiger partial charge in [-0.1, -0.05) is 5.16 Å². The maximum Gasteiger partial charge on any atom is 0.303 e. The van der Waals surface area contributed by atoms with Crippen LogP contribution in [0.5, 0.6) is 5.75 Å². The molecule has 1 N–H and O–H groups in total. The number of rotatable bonds is 5. The summed E-state index contributed by atoms with van der Waals surface area (Å²) in [6.07, 6.45) is 1.95. The number of nitrogens with zero attached hydrogens (tertiary/aromatic N) is 1. The standard InChI is InChI=1S/C13H13NO4/c1-17-11-5-2-9(3-6-11)13-10(8-18-14-13)4-7-12(15)16/h2-3,5-6,8H,4,7H2,1H3,(H,15,16). The van der Waals surface area contributed by atoms with Crippen molar-refractivity contribution in [3.05, 3.63) is 36.1 Å². The molecule has 0 saturated heterocycles. The highest BCUT2D eigenvalue weighted by Gasteiger charge is 2.11. The lowest BCUT2D eigenvalue weighted by atomic mass is 10.0. The molecule has 0 fully saturated rings. The predicted octanol–water partition coefficient (Wildman–Crippen LogP) is 2.37. The minimum Gasteiger partial charge on any atom is -0.497 e. The second kappa shape index (κ2) is 5.35. The van der Waals surface area contributed by atoms with Crippen LogP contribution in [0.1, 0.15) is 12.0 Å². The van der Waals surface area contributed by atoms with E-state index in [9.17, 15) is 4.79 Å². The van der Waals surface area contributed by atoms with Crippen molar-refractivity contribution in [2.45, 2.75) is 12.8 Å². The van der Waals surface area contributed by atoms with Crippen LogP contribution in [-0.4, -0.2) is 23.3 Å². The van der Waals surface area contributed by atoms with Crippen molar-refractivity contribution < 1.29 is 19.2 Å². The fraction of sp³-hybridized carbons (Fsp3) is 0.231. The van der Waals surface area contributed by atoms with E-state index >= 15 is 0 Å². The van der Waals surface area contributed by atoms with Gasteiger partial charge in [0.1, 0.15) is 17.7 Å². The molecule has 0 bridgehead atoms. The van der Waals surface area contributed by atoms with E-state index < -0.39 is 5.97 Å². The smallest absolute Gasteiger partial charge is 0.303 e. The number of methoxy groups -OCH3 is 1. The van der Waals surface area contributed by atoms with Crippen LogP contribution in [0.3, 0.4) is 0 Å². The molecule has 1 aromatic carbocycles. The Balaban J connectivity index is 2.21. The lowest BCUT2D eigenvalue weighted by molar-refractivity contribution is -0.136. The Kier molecular flexibility index (Phi) is 3.62. The highest BCUT2D eigenvalue weighted by molar-refractivity contribution is 5.68. The van der Waals surface area contributed by atoms with Crippen molar-refractivity contribution in [3.63, 3.8) is 0 Å². The Bertz CT molecular complexity index is 530. The van der Waals surface area contributed by atoms with E-state index in [2.05, 4.69) is 5.16 Å². The third kappa shape index (κ3) is 2.68. The summed E-state index contributed by atoms with van der Waals surface area (Å²) in [5.41, 5.74) is 2.35. The number of hydrogen-bond acceptors (Lipinski definition) is 4. The molecule has 0 amide bonds. The molecule has 18 heavy (non-hydrogen) atoms. The van der Waals surface area contributed by atoms with Gasteiger partial charge in [-0.3, -0.25) is 4.79 Å². The topological polar surface area (TPSA) is 72.6 Å². The van der Waals surface area contributed by atoms with Crippen molar-refractivity contribution in [2.24, 2.45) is 0 Å². The molecule has 1 aromatic heterocycles. The van der Waals surface area contributed by atoms with Crippen LogP contribution in [0.25, 0.3) is 11.3 Å². The van der Waals surface area contributed by atoms with Crippen LogP contribution in [0.4, 0.5) is 0 Å². The third-order valence-electron chi connectivity index (χ3n) is 2.61. The second-order valence-electron chi connectivity index (χ2n) is 3.81. The molecule has 0 spiro atoms. The zero-order chi connectivity index (χ0) is 13.0. The Labute approximate surface area is 104 Å². The summed E-state index contributed by atoms with van der Waals surface area (Å²) in [5, 5.41) is 12.6. The molecule has 2 rings (SSSR count). The number of hydrogen-bond donors (Lipinski definition) is 1. The van der Waals surface area contributed by atoms with Gasteiger partial charge < -0.3 is 14.4 Å². The number of carbonyl (C=O) groups is 1. The molecule has 5 heteroatoms. The van der Waals surface area contributed by atoms with Gasteiger partial charge in [0, 0.05) is 17.5 Å². The van der Waals surface area contributed by atoms with Gasteiger partial charge in [0.15, 0.2) is 0 Å². The minimum atomic E-state index is -0.836. The zero-order valence-electron chi connectivity index (χ0n) is 9.92. The Hall–Kier alpha value is -2.30. The fourth-order valence-electron chi connectivity index (χ4n) is 1.66. The van der Waals surface area contributed by atoms with E-state index in [0.29, 0.717) is 12.1 Å². The van der Waals surface area contributed by atoms with Gasteiger partial charge in [-0.05, 0) is 30.7 Å². The van der Waals surface area contributed by atoms with E-state index in [4.69, 9.17) is 14.4 Å². The molecule has 0 radical (unpaired) electrons. The summed E-state index contributed by atoms with van der Waals surface area (Å²) in [7, 11) is 1.60. The molecule has 2 aromatic rings. The number of ether oxygens (including phenoxy) is 1. The lowest BCUT2D eigenvalue weighted by Crippen LogP contribution is -1.97. The van der Waals surface area contributed by atoms with Gasteiger partial charge in [-0.15, -0.1) is 0 Å². The zero-order valence-corrected chi connectivity index (χ0v) is 9.92. The van der Waals surface area contributed by atoms with E-state index in [0.717, 1.165) is 16.9 Å². The van der Waals surface area contributed by atoms with Gasteiger partial charge in [0.25, 0.3) is 0 Å². The van der Waals surface area contributed by atoms with Crippen LogP contribution in [0, 0.1) is 0 Å². The molecule has 1 heterocycles. The average molecular weight is 247 g/mol. The van der Waals surface area contributed by atoms with Crippen LogP contribution in [0.2, 0.25) is 0 Å². The molecule has 0 aliphatic carbocycles. The number of aromatic nitrogens is 1. The summed E-state index contributed by atoms with van der Waals surface area (Å²) < 4.78 is 9.99. The van der Waals surface area contributed by atoms with Crippen molar-refractivity contribution in [1.29, 1.82) is 0 Å². The molecule has 0 saturated carbocycles. The average Bonchev–Trinajstić information content (AvgIpc) is 2.85. The van der Waals surface area contributed by atoms with E-state index in [1.165, 1.54) is 6.26 Å². The molecule has 0 aliphatic heterocycles. The van der Waals surface area contributed by atoms with Crippen LogP contribution >= 0.6 is 0 Å². The largest absolute Gasteiger partial charge is 0.497 e. The highest BCUT2D eigenvalue weighted by Crippen LogP contribution is 2.25. The van der Waals surface area contributed by atoms with E-state index in [1.807, 2.05) is 24.3 Å². The van der Waals surface area contributed by atoms with E-state index in [1.54, 1.807) is 7.11 Å². The van der Waals surface area contributed by atoms with Gasteiger partial charge in [-0.2, -0.15) is 0 Å². The predicted molar refractivity (Wildman–Crippen MR) is 64.4 cm³/mol. The number of carboxylic acid groups (broad SMARTS) is 1. The first-order valence-corrected chi connectivity index (χ1v) is 5.50. The van der Waals surface area contributed by atoms with Gasteiger partial charge in [-0.25, -0.2) is 0 Å². The van der Waals surface area contributed by atoms with Crippen molar-refractivity contribution >= 4 is 5.97 Å². The van der Waals surface area contributed by atoms with Crippen LogP contribution in [-0.2, 0) is 11.2 Å². The fourth-order valence-corrected chi connectivity index (χ4v) is 1.66. The number of benzene rings is 1. The highest BCUT2D eigenvalue weighted by atomic mass is 16.5. The summed E-state index contributed by atoms with van der Waals surface area (Å²) >= 11 is 0.